The van der Waals surface area contributed by atoms with Gasteiger partial charge in [0.05, 0.1) is 22.2 Å². The summed E-state index contributed by atoms with van der Waals surface area (Å²) in [6, 6.07) is 17.1. The van der Waals surface area contributed by atoms with E-state index in [2.05, 4.69) is 26.0 Å². The molecule has 0 aliphatic carbocycles. The van der Waals surface area contributed by atoms with E-state index in [9.17, 15) is 9.18 Å². The molecule has 7 heteroatoms. The molecule has 4 rings (SSSR count). The summed E-state index contributed by atoms with van der Waals surface area (Å²) in [5, 5.41) is 5.30. The summed E-state index contributed by atoms with van der Waals surface area (Å²) in [5.74, 6) is -0.339. The van der Waals surface area contributed by atoms with Crippen molar-refractivity contribution in [3.8, 4) is 21.8 Å². The van der Waals surface area contributed by atoms with E-state index in [1.807, 2.05) is 24.3 Å². The minimum atomic E-state index is -0.339. The van der Waals surface area contributed by atoms with E-state index < -0.39 is 0 Å². The van der Waals surface area contributed by atoms with Crippen LogP contribution < -0.4 is 5.56 Å². The maximum absolute atomic E-state index is 13.5. The van der Waals surface area contributed by atoms with Crippen molar-refractivity contribution in [3.05, 3.63) is 92.4 Å². The fourth-order valence-electron chi connectivity index (χ4n) is 2.73. The number of nitrogens with zero attached hydrogens (tertiary/aromatic N) is 3. The Balaban J connectivity index is 1.67. The molecule has 0 atom stereocenters. The number of hydrogen-bond donors (Lipinski definition) is 0. The molecule has 0 aliphatic heterocycles. The summed E-state index contributed by atoms with van der Waals surface area (Å²) in [5.41, 5.74) is 2.89. The van der Waals surface area contributed by atoms with Crippen LogP contribution in [0.1, 0.15) is 5.56 Å². The largest absolute Gasteiger partial charge is 0.268 e. The van der Waals surface area contributed by atoms with Gasteiger partial charge in [0.15, 0.2) is 0 Å². The number of rotatable bonds is 4. The van der Waals surface area contributed by atoms with Crippen LogP contribution in [0.5, 0.6) is 0 Å². The second-order valence-corrected chi connectivity index (χ2v) is 8.30. The van der Waals surface area contributed by atoms with Gasteiger partial charge in [0, 0.05) is 17.2 Å². The van der Waals surface area contributed by atoms with Crippen LogP contribution in [0.2, 0.25) is 0 Å². The first-order valence-electron chi connectivity index (χ1n) is 8.13. The van der Waals surface area contributed by atoms with Gasteiger partial charge in [-0.1, -0.05) is 30.3 Å². The molecule has 0 saturated carbocycles. The number of halogens is 2. The van der Waals surface area contributed by atoms with Crippen molar-refractivity contribution >= 4 is 27.3 Å². The van der Waals surface area contributed by atoms with Crippen LogP contribution in [-0.4, -0.2) is 14.8 Å². The molecular formula is C20H13BrFN3OS. The summed E-state index contributed by atoms with van der Waals surface area (Å²) in [6.45, 7) is 0.322. The highest BCUT2D eigenvalue weighted by Crippen LogP contribution is 2.28. The minimum absolute atomic E-state index is 0.211. The molecule has 4 aromatic rings. The molecule has 0 amide bonds. The Morgan fingerprint density at radius 2 is 1.85 bits per heavy atom. The molecule has 0 fully saturated rings. The molecule has 0 unspecified atom stereocenters. The third-order valence-corrected chi connectivity index (χ3v) is 5.50. The lowest BCUT2D eigenvalue weighted by Gasteiger charge is -2.08. The molecule has 2 aromatic heterocycles. The Kier molecular flexibility index (Phi) is 4.96. The van der Waals surface area contributed by atoms with Gasteiger partial charge in [-0.3, -0.25) is 4.79 Å². The molecule has 0 spiro atoms. The van der Waals surface area contributed by atoms with Crippen molar-refractivity contribution in [1.29, 1.82) is 0 Å². The van der Waals surface area contributed by atoms with Gasteiger partial charge in [-0.25, -0.2) is 14.1 Å². The Morgan fingerprint density at radius 1 is 1.04 bits per heavy atom. The van der Waals surface area contributed by atoms with Crippen LogP contribution >= 0.6 is 27.3 Å². The Morgan fingerprint density at radius 3 is 2.63 bits per heavy atom. The Bertz CT molecular complexity index is 1170. The Hall–Kier alpha value is -2.64. The predicted octanol–water partition coefficient (Wildman–Crippen LogP) is 4.98. The van der Waals surface area contributed by atoms with E-state index in [0.29, 0.717) is 17.8 Å². The summed E-state index contributed by atoms with van der Waals surface area (Å²) in [4.78, 5) is 16.6. The second-order valence-electron chi connectivity index (χ2n) is 5.89. The Labute approximate surface area is 167 Å². The summed E-state index contributed by atoms with van der Waals surface area (Å²) in [6.07, 6.45) is 1.77. The minimum Gasteiger partial charge on any atom is -0.268 e. The molecule has 2 heterocycles. The number of thiazole rings is 1. The molecule has 134 valence electrons. The summed E-state index contributed by atoms with van der Waals surface area (Å²) >= 11 is 4.97. The van der Waals surface area contributed by atoms with Gasteiger partial charge >= 0.3 is 0 Å². The van der Waals surface area contributed by atoms with Crippen LogP contribution in [0.15, 0.2) is 75.4 Å². The lowest BCUT2D eigenvalue weighted by molar-refractivity contribution is 0.626. The SMILES string of the molecule is O=c1ccc(-c2cccc(F)c2)nn1Cc1cccc(-c2ncc(Br)s2)c1. The zero-order valence-electron chi connectivity index (χ0n) is 14.0. The first-order valence-corrected chi connectivity index (χ1v) is 9.74. The summed E-state index contributed by atoms with van der Waals surface area (Å²) in [7, 11) is 0. The van der Waals surface area contributed by atoms with Gasteiger partial charge in [-0.15, -0.1) is 11.3 Å². The lowest BCUT2D eigenvalue weighted by atomic mass is 10.1. The normalized spacial score (nSPS) is 10.9. The average molecular weight is 442 g/mol. The molecule has 4 nitrogen and oxygen atoms in total. The van der Waals surface area contributed by atoms with Crippen molar-refractivity contribution in [1.82, 2.24) is 14.8 Å². The number of aromatic nitrogens is 3. The molecule has 2 aromatic carbocycles. The maximum atomic E-state index is 13.5. The van der Waals surface area contributed by atoms with E-state index in [-0.39, 0.29) is 11.4 Å². The topological polar surface area (TPSA) is 47.8 Å². The third kappa shape index (κ3) is 4.04. The zero-order chi connectivity index (χ0) is 18.8. The van der Waals surface area contributed by atoms with Gasteiger partial charge in [0.2, 0.25) is 0 Å². The van der Waals surface area contributed by atoms with Gasteiger partial charge in [0.25, 0.3) is 5.56 Å². The molecule has 0 bridgehead atoms. The molecule has 27 heavy (non-hydrogen) atoms. The zero-order valence-corrected chi connectivity index (χ0v) is 16.4. The highest BCUT2D eigenvalue weighted by molar-refractivity contribution is 9.11. The van der Waals surface area contributed by atoms with Crippen LogP contribution in [0.25, 0.3) is 21.8 Å². The van der Waals surface area contributed by atoms with E-state index in [1.54, 1.807) is 35.7 Å². The van der Waals surface area contributed by atoms with Crippen molar-refractivity contribution < 1.29 is 4.39 Å². The molecular weight excluding hydrogens is 429 g/mol. The van der Waals surface area contributed by atoms with Crippen molar-refractivity contribution in [2.75, 3.05) is 0 Å². The van der Waals surface area contributed by atoms with Crippen LogP contribution in [-0.2, 0) is 6.54 Å². The predicted molar refractivity (Wildman–Crippen MR) is 108 cm³/mol. The highest BCUT2D eigenvalue weighted by Gasteiger charge is 2.08. The first kappa shape index (κ1) is 17.8. The van der Waals surface area contributed by atoms with E-state index >= 15 is 0 Å². The van der Waals surface area contributed by atoms with Gasteiger partial charge in [-0.05, 0) is 45.8 Å². The van der Waals surface area contributed by atoms with E-state index in [1.165, 1.54) is 22.9 Å². The molecule has 0 saturated heterocycles. The van der Waals surface area contributed by atoms with Gasteiger partial charge in [-0.2, -0.15) is 5.10 Å². The van der Waals surface area contributed by atoms with Crippen LogP contribution in [0.4, 0.5) is 4.39 Å². The van der Waals surface area contributed by atoms with Crippen molar-refractivity contribution in [2.24, 2.45) is 0 Å². The quantitative estimate of drug-likeness (QED) is 0.448. The fourth-order valence-corrected chi connectivity index (χ4v) is 3.93. The molecule has 0 radical (unpaired) electrons. The van der Waals surface area contributed by atoms with Crippen molar-refractivity contribution in [2.45, 2.75) is 6.54 Å². The molecule has 0 N–H and O–H groups in total. The smallest absolute Gasteiger partial charge is 0.267 e. The lowest BCUT2D eigenvalue weighted by Crippen LogP contribution is -2.22. The van der Waals surface area contributed by atoms with Gasteiger partial charge in [0.1, 0.15) is 10.8 Å². The van der Waals surface area contributed by atoms with Crippen LogP contribution in [0.3, 0.4) is 0 Å². The van der Waals surface area contributed by atoms with E-state index in [4.69, 9.17) is 0 Å². The third-order valence-electron chi connectivity index (χ3n) is 3.97. The maximum Gasteiger partial charge on any atom is 0.267 e. The van der Waals surface area contributed by atoms with E-state index in [0.717, 1.165) is 19.9 Å². The van der Waals surface area contributed by atoms with Crippen molar-refractivity contribution in [3.63, 3.8) is 0 Å². The number of benzene rings is 2. The second kappa shape index (κ2) is 7.54. The average Bonchev–Trinajstić information content (AvgIpc) is 3.10. The van der Waals surface area contributed by atoms with Gasteiger partial charge < -0.3 is 0 Å². The monoisotopic (exact) mass is 441 g/mol. The molecule has 0 aliphatic rings. The number of hydrogen-bond acceptors (Lipinski definition) is 4. The van der Waals surface area contributed by atoms with Crippen LogP contribution in [0, 0.1) is 5.82 Å². The standard InChI is InChI=1S/C20H13BrFN3OS/c21-18-11-23-20(27-18)15-5-1-3-13(9-15)12-25-19(26)8-7-17(24-25)14-4-2-6-16(22)10-14/h1-11H,12H2. The highest BCUT2D eigenvalue weighted by atomic mass is 79.9. The summed E-state index contributed by atoms with van der Waals surface area (Å²) < 4.78 is 15.8. The first-order chi connectivity index (χ1) is 13.1. The fraction of sp³-hybridized carbons (Fsp3) is 0.0500.